The summed E-state index contributed by atoms with van der Waals surface area (Å²) in [6, 6.07) is 4.07. The van der Waals surface area contributed by atoms with Crippen LogP contribution in [0.2, 0.25) is 0 Å². The topological polar surface area (TPSA) is 46.1 Å². The number of hydrogen-bond acceptors (Lipinski definition) is 2. The molecule has 0 aliphatic carbocycles. The van der Waals surface area contributed by atoms with Crippen molar-refractivity contribution in [2.45, 2.75) is 33.2 Å². The van der Waals surface area contributed by atoms with Crippen molar-refractivity contribution in [3.63, 3.8) is 0 Å². The zero-order valence-corrected chi connectivity index (χ0v) is 11.0. The zero-order chi connectivity index (χ0) is 12.7. The van der Waals surface area contributed by atoms with Crippen LogP contribution in [0, 0.1) is 0 Å². The number of amides is 1. The summed E-state index contributed by atoms with van der Waals surface area (Å²) >= 11 is 0. The van der Waals surface area contributed by atoms with Crippen LogP contribution in [-0.4, -0.2) is 30.1 Å². The molecule has 4 nitrogen and oxygen atoms in total. The van der Waals surface area contributed by atoms with Crippen LogP contribution in [0.3, 0.4) is 0 Å². The Hall–Kier alpha value is -1.29. The molecular weight excluding hydrogens is 214 g/mol. The first-order chi connectivity index (χ1) is 8.16. The molecule has 1 rings (SSSR count). The molecule has 1 heterocycles. The van der Waals surface area contributed by atoms with E-state index >= 15 is 0 Å². The number of hydrogen-bond donors (Lipinski definition) is 2. The molecule has 0 fully saturated rings. The van der Waals surface area contributed by atoms with Crippen LogP contribution in [0.4, 0.5) is 0 Å². The maximum atomic E-state index is 11.9. The third-order valence-electron chi connectivity index (χ3n) is 2.58. The maximum Gasteiger partial charge on any atom is 0.267 e. The summed E-state index contributed by atoms with van der Waals surface area (Å²) in [7, 11) is 0. The Morgan fingerprint density at radius 3 is 2.76 bits per heavy atom. The molecule has 4 heteroatoms. The molecule has 17 heavy (non-hydrogen) atoms. The summed E-state index contributed by atoms with van der Waals surface area (Å²) in [5.74, 6) is 0.00185. The molecule has 0 radical (unpaired) electrons. The van der Waals surface area contributed by atoms with Gasteiger partial charge in [-0.05, 0) is 38.9 Å². The van der Waals surface area contributed by atoms with Gasteiger partial charge in [0.25, 0.3) is 5.91 Å². The molecule has 2 N–H and O–H groups in total. The van der Waals surface area contributed by atoms with E-state index in [-0.39, 0.29) is 5.91 Å². The fourth-order valence-corrected chi connectivity index (χ4v) is 1.69. The zero-order valence-electron chi connectivity index (χ0n) is 11.0. The van der Waals surface area contributed by atoms with Gasteiger partial charge in [-0.15, -0.1) is 0 Å². The predicted molar refractivity (Wildman–Crippen MR) is 70.3 cm³/mol. The van der Waals surface area contributed by atoms with Gasteiger partial charge >= 0.3 is 0 Å². The Morgan fingerprint density at radius 2 is 2.12 bits per heavy atom. The number of rotatable bonds is 7. The second kappa shape index (κ2) is 7.12. The van der Waals surface area contributed by atoms with Gasteiger partial charge in [0, 0.05) is 25.3 Å². The molecule has 0 saturated carbocycles. The molecule has 1 amide bonds. The molecular formula is C13H23N3O. The van der Waals surface area contributed by atoms with Gasteiger partial charge in [-0.3, -0.25) is 4.79 Å². The van der Waals surface area contributed by atoms with Crippen molar-refractivity contribution in [3.8, 4) is 0 Å². The summed E-state index contributed by atoms with van der Waals surface area (Å²) < 4.78 is 1.98. The van der Waals surface area contributed by atoms with Gasteiger partial charge in [0.05, 0.1) is 0 Å². The van der Waals surface area contributed by atoms with E-state index in [0.29, 0.717) is 12.6 Å². The molecule has 0 aliphatic heterocycles. The average molecular weight is 237 g/mol. The van der Waals surface area contributed by atoms with Crippen LogP contribution < -0.4 is 10.6 Å². The van der Waals surface area contributed by atoms with Crippen molar-refractivity contribution in [3.05, 3.63) is 24.0 Å². The van der Waals surface area contributed by atoms with Crippen LogP contribution in [0.25, 0.3) is 0 Å². The minimum atomic E-state index is 0.00185. The van der Waals surface area contributed by atoms with E-state index < -0.39 is 0 Å². The van der Waals surface area contributed by atoms with E-state index in [0.717, 1.165) is 25.2 Å². The Balaban J connectivity index is 2.39. The standard InChI is InChI=1S/C13H23N3O/c1-4-7-14-8-9-15-13(17)12-6-5-10-16(12)11(2)3/h5-6,10-11,14H,4,7-9H2,1-3H3,(H,15,17). The fraction of sp³-hybridized carbons (Fsp3) is 0.615. The van der Waals surface area contributed by atoms with Crippen molar-refractivity contribution < 1.29 is 4.79 Å². The molecule has 96 valence electrons. The van der Waals surface area contributed by atoms with E-state index in [1.807, 2.05) is 22.9 Å². The van der Waals surface area contributed by atoms with Crippen LogP contribution in [0.5, 0.6) is 0 Å². The number of aromatic nitrogens is 1. The molecule has 0 unspecified atom stereocenters. The lowest BCUT2D eigenvalue weighted by Crippen LogP contribution is -2.33. The van der Waals surface area contributed by atoms with Crippen molar-refractivity contribution in [2.75, 3.05) is 19.6 Å². The summed E-state index contributed by atoms with van der Waals surface area (Å²) in [5.41, 5.74) is 0.732. The SMILES string of the molecule is CCCNCCNC(=O)c1cccn1C(C)C. The molecule has 0 atom stereocenters. The first-order valence-electron chi connectivity index (χ1n) is 6.32. The Labute approximate surface area is 103 Å². The molecule has 1 aromatic heterocycles. The molecule has 0 aromatic carbocycles. The van der Waals surface area contributed by atoms with E-state index in [2.05, 4.69) is 31.4 Å². The highest BCUT2D eigenvalue weighted by Crippen LogP contribution is 2.10. The van der Waals surface area contributed by atoms with E-state index in [1.165, 1.54) is 0 Å². The van der Waals surface area contributed by atoms with Gasteiger partial charge in [-0.2, -0.15) is 0 Å². The number of carbonyl (C=O) groups is 1. The first kappa shape index (κ1) is 13.8. The number of carbonyl (C=O) groups excluding carboxylic acids is 1. The Kier molecular flexibility index (Phi) is 5.77. The van der Waals surface area contributed by atoms with Gasteiger partial charge in [-0.1, -0.05) is 6.92 Å². The summed E-state index contributed by atoms with van der Waals surface area (Å²) in [4.78, 5) is 11.9. The van der Waals surface area contributed by atoms with Crippen LogP contribution >= 0.6 is 0 Å². The summed E-state index contributed by atoms with van der Waals surface area (Å²) in [5, 5.41) is 6.17. The number of nitrogens with one attached hydrogen (secondary N) is 2. The smallest absolute Gasteiger partial charge is 0.267 e. The normalized spacial score (nSPS) is 10.8. The maximum absolute atomic E-state index is 11.9. The van der Waals surface area contributed by atoms with Gasteiger partial charge in [-0.25, -0.2) is 0 Å². The molecule has 0 bridgehead atoms. The number of nitrogens with zero attached hydrogens (tertiary/aromatic N) is 1. The predicted octanol–water partition coefficient (Wildman–Crippen LogP) is 1.80. The lowest BCUT2D eigenvalue weighted by molar-refractivity contribution is 0.0943. The van der Waals surface area contributed by atoms with Crippen molar-refractivity contribution >= 4 is 5.91 Å². The molecule has 0 aliphatic rings. The van der Waals surface area contributed by atoms with Gasteiger partial charge in [0.15, 0.2) is 0 Å². The Morgan fingerprint density at radius 1 is 1.35 bits per heavy atom. The Bertz CT molecular complexity index is 344. The quantitative estimate of drug-likeness (QED) is 0.710. The van der Waals surface area contributed by atoms with Crippen molar-refractivity contribution in [2.24, 2.45) is 0 Å². The van der Waals surface area contributed by atoms with E-state index in [4.69, 9.17) is 0 Å². The van der Waals surface area contributed by atoms with E-state index in [1.54, 1.807) is 0 Å². The van der Waals surface area contributed by atoms with Gasteiger partial charge < -0.3 is 15.2 Å². The summed E-state index contributed by atoms with van der Waals surface area (Å²) in [6.07, 6.45) is 3.05. The summed E-state index contributed by atoms with van der Waals surface area (Å²) in [6.45, 7) is 8.75. The highest BCUT2D eigenvalue weighted by atomic mass is 16.1. The van der Waals surface area contributed by atoms with E-state index in [9.17, 15) is 4.79 Å². The van der Waals surface area contributed by atoms with Crippen LogP contribution in [-0.2, 0) is 0 Å². The average Bonchev–Trinajstić information content (AvgIpc) is 2.77. The third kappa shape index (κ3) is 4.23. The van der Waals surface area contributed by atoms with Crippen LogP contribution in [0.15, 0.2) is 18.3 Å². The lowest BCUT2D eigenvalue weighted by atomic mass is 10.3. The second-order valence-electron chi connectivity index (χ2n) is 4.40. The molecule has 0 saturated heterocycles. The van der Waals surface area contributed by atoms with Crippen LogP contribution in [0.1, 0.15) is 43.7 Å². The third-order valence-corrected chi connectivity index (χ3v) is 2.58. The molecule has 1 aromatic rings. The fourth-order valence-electron chi connectivity index (χ4n) is 1.69. The first-order valence-corrected chi connectivity index (χ1v) is 6.32. The molecule has 0 spiro atoms. The minimum Gasteiger partial charge on any atom is -0.349 e. The second-order valence-corrected chi connectivity index (χ2v) is 4.40. The lowest BCUT2D eigenvalue weighted by Gasteiger charge is -2.12. The largest absolute Gasteiger partial charge is 0.349 e. The van der Waals surface area contributed by atoms with Crippen molar-refractivity contribution in [1.29, 1.82) is 0 Å². The highest BCUT2D eigenvalue weighted by molar-refractivity contribution is 5.92. The highest BCUT2D eigenvalue weighted by Gasteiger charge is 2.11. The van der Waals surface area contributed by atoms with Crippen molar-refractivity contribution in [1.82, 2.24) is 15.2 Å². The van der Waals surface area contributed by atoms with Gasteiger partial charge in [0.1, 0.15) is 5.69 Å². The van der Waals surface area contributed by atoms with Gasteiger partial charge in [0.2, 0.25) is 0 Å². The minimum absolute atomic E-state index is 0.00185. The monoisotopic (exact) mass is 237 g/mol.